The van der Waals surface area contributed by atoms with E-state index in [1.165, 1.54) is 10.8 Å². The average Bonchev–Trinajstić information content (AvgIpc) is 2.45. The van der Waals surface area contributed by atoms with Crippen LogP contribution in [0.4, 0.5) is 0 Å². The van der Waals surface area contributed by atoms with Gasteiger partial charge in [0, 0.05) is 11.5 Å². The Hall–Kier alpha value is -2.22. The number of hydrogen-bond donors (Lipinski definition) is 0. The average molecular weight is 238 g/mol. The minimum Gasteiger partial charge on any atom is -0.497 e. The fourth-order valence-corrected chi connectivity index (χ4v) is 2.36. The SMILES string of the molecule is COc1cc(OC)c2c(ccc3ccccc32)c1. The Labute approximate surface area is 106 Å². The summed E-state index contributed by atoms with van der Waals surface area (Å²) < 4.78 is 10.8. The zero-order chi connectivity index (χ0) is 12.5. The summed E-state index contributed by atoms with van der Waals surface area (Å²) in [5.74, 6) is 1.66. The molecule has 2 heteroatoms. The molecule has 0 radical (unpaired) electrons. The Kier molecular flexibility index (Phi) is 2.56. The van der Waals surface area contributed by atoms with E-state index in [9.17, 15) is 0 Å². The van der Waals surface area contributed by atoms with Crippen LogP contribution in [0.15, 0.2) is 48.5 Å². The van der Waals surface area contributed by atoms with Crippen molar-refractivity contribution in [3.8, 4) is 11.5 Å². The smallest absolute Gasteiger partial charge is 0.131 e. The van der Waals surface area contributed by atoms with Crippen molar-refractivity contribution >= 4 is 21.5 Å². The lowest BCUT2D eigenvalue weighted by atomic mass is 10.0. The molecule has 3 aromatic carbocycles. The maximum absolute atomic E-state index is 5.50. The van der Waals surface area contributed by atoms with Gasteiger partial charge in [-0.2, -0.15) is 0 Å². The molecule has 0 amide bonds. The van der Waals surface area contributed by atoms with Gasteiger partial charge in [-0.3, -0.25) is 0 Å². The van der Waals surface area contributed by atoms with Crippen molar-refractivity contribution in [2.24, 2.45) is 0 Å². The highest BCUT2D eigenvalue weighted by Crippen LogP contribution is 2.36. The highest BCUT2D eigenvalue weighted by molar-refractivity contribution is 6.11. The molecule has 3 rings (SSSR count). The number of ether oxygens (including phenoxy) is 2. The Bertz CT molecular complexity index is 717. The largest absolute Gasteiger partial charge is 0.497 e. The second kappa shape index (κ2) is 4.22. The first kappa shape index (κ1) is 10.9. The zero-order valence-corrected chi connectivity index (χ0v) is 10.4. The van der Waals surface area contributed by atoms with Crippen molar-refractivity contribution in [3.63, 3.8) is 0 Å². The second-order valence-corrected chi connectivity index (χ2v) is 4.21. The van der Waals surface area contributed by atoms with Gasteiger partial charge >= 0.3 is 0 Å². The molecule has 0 fully saturated rings. The van der Waals surface area contributed by atoms with Crippen LogP contribution in [-0.2, 0) is 0 Å². The Morgan fingerprint density at radius 1 is 0.778 bits per heavy atom. The quantitative estimate of drug-likeness (QED) is 0.628. The minimum atomic E-state index is 0.814. The number of rotatable bonds is 2. The summed E-state index contributed by atoms with van der Waals surface area (Å²) in [4.78, 5) is 0. The molecule has 0 aromatic heterocycles. The highest BCUT2D eigenvalue weighted by Gasteiger charge is 2.08. The number of benzene rings is 3. The van der Waals surface area contributed by atoms with Gasteiger partial charge in [-0.1, -0.05) is 36.4 Å². The standard InChI is InChI=1S/C16H14O2/c1-17-13-9-12-8-7-11-5-3-4-6-14(11)16(12)15(10-13)18-2/h3-10H,1-2H3. The molecule has 3 aromatic rings. The van der Waals surface area contributed by atoms with Crippen LogP contribution in [-0.4, -0.2) is 14.2 Å². The van der Waals surface area contributed by atoms with E-state index < -0.39 is 0 Å². The molecule has 0 saturated heterocycles. The summed E-state index contributed by atoms with van der Waals surface area (Å²) in [6.45, 7) is 0. The van der Waals surface area contributed by atoms with E-state index in [1.54, 1.807) is 14.2 Å². The topological polar surface area (TPSA) is 18.5 Å². The van der Waals surface area contributed by atoms with Gasteiger partial charge in [0.1, 0.15) is 11.5 Å². The third kappa shape index (κ3) is 1.58. The van der Waals surface area contributed by atoms with Crippen molar-refractivity contribution in [1.29, 1.82) is 0 Å². The first-order valence-corrected chi connectivity index (χ1v) is 5.87. The van der Waals surface area contributed by atoms with Gasteiger partial charge in [0.15, 0.2) is 0 Å². The van der Waals surface area contributed by atoms with Crippen LogP contribution >= 0.6 is 0 Å². The molecule has 0 saturated carbocycles. The predicted octanol–water partition coefficient (Wildman–Crippen LogP) is 4.01. The molecule has 0 bridgehead atoms. The Balaban J connectivity index is 2.49. The second-order valence-electron chi connectivity index (χ2n) is 4.21. The highest BCUT2D eigenvalue weighted by atomic mass is 16.5. The molecule has 0 unspecified atom stereocenters. The summed E-state index contributed by atoms with van der Waals surface area (Å²) >= 11 is 0. The normalized spacial score (nSPS) is 10.8. The van der Waals surface area contributed by atoms with Crippen molar-refractivity contribution in [3.05, 3.63) is 48.5 Å². The van der Waals surface area contributed by atoms with Gasteiger partial charge in [-0.25, -0.2) is 0 Å². The third-order valence-corrected chi connectivity index (χ3v) is 3.23. The van der Waals surface area contributed by atoms with Gasteiger partial charge in [0.05, 0.1) is 14.2 Å². The Morgan fingerprint density at radius 2 is 1.56 bits per heavy atom. The van der Waals surface area contributed by atoms with E-state index in [-0.39, 0.29) is 0 Å². The molecule has 0 atom stereocenters. The van der Waals surface area contributed by atoms with Crippen molar-refractivity contribution < 1.29 is 9.47 Å². The lowest BCUT2D eigenvalue weighted by Gasteiger charge is -2.11. The minimum absolute atomic E-state index is 0.814. The number of hydrogen-bond acceptors (Lipinski definition) is 2. The molecule has 0 spiro atoms. The van der Waals surface area contributed by atoms with Crippen molar-refractivity contribution in [2.75, 3.05) is 14.2 Å². The van der Waals surface area contributed by atoms with E-state index in [2.05, 4.69) is 24.3 Å². The fourth-order valence-electron chi connectivity index (χ4n) is 2.36. The van der Waals surface area contributed by atoms with E-state index in [1.807, 2.05) is 24.3 Å². The summed E-state index contributed by atoms with van der Waals surface area (Å²) in [7, 11) is 3.36. The molecular weight excluding hydrogens is 224 g/mol. The maximum Gasteiger partial charge on any atom is 0.131 e. The van der Waals surface area contributed by atoms with Crippen LogP contribution in [0.1, 0.15) is 0 Å². The molecule has 2 nitrogen and oxygen atoms in total. The van der Waals surface area contributed by atoms with E-state index >= 15 is 0 Å². The maximum atomic E-state index is 5.50. The predicted molar refractivity (Wildman–Crippen MR) is 74.6 cm³/mol. The molecular formula is C16H14O2. The summed E-state index contributed by atoms with van der Waals surface area (Å²) in [6, 6.07) is 16.5. The lowest BCUT2D eigenvalue weighted by molar-refractivity contribution is 0.398. The summed E-state index contributed by atoms with van der Waals surface area (Å²) in [5.41, 5.74) is 0. The fraction of sp³-hybridized carbons (Fsp3) is 0.125. The molecule has 0 aliphatic rings. The van der Waals surface area contributed by atoms with E-state index in [4.69, 9.17) is 9.47 Å². The van der Waals surface area contributed by atoms with Gasteiger partial charge in [-0.05, 0) is 22.2 Å². The summed E-state index contributed by atoms with van der Waals surface area (Å²) in [6.07, 6.45) is 0. The monoisotopic (exact) mass is 238 g/mol. The van der Waals surface area contributed by atoms with Crippen LogP contribution in [0.2, 0.25) is 0 Å². The number of fused-ring (bicyclic) bond motifs is 3. The van der Waals surface area contributed by atoms with Gasteiger partial charge in [-0.15, -0.1) is 0 Å². The molecule has 18 heavy (non-hydrogen) atoms. The van der Waals surface area contributed by atoms with Crippen molar-refractivity contribution in [2.45, 2.75) is 0 Å². The molecule has 0 aliphatic carbocycles. The first-order valence-electron chi connectivity index (χ1n) is 5.87. The van der Waals surface area contributed by atoms with Crippen LogP contribution < -0.4 is 9.47 Å². The van der Waals surface area contributed by atoms with Crippen LogP contribution in [0.25, 0.3) is 21.5 Å². The lowest BCUT2D eigenvalue weighted by Crippen LogP contribution is -1.89. The van der Waals surface area contributed by atoms with E-state index in [0.717, 1.165) is 22.3 Å². The Morgan fingerprint density at radius 3 is 2.33 bits per heavy atom. The molecule has 90 valence electrons. The zero-order valence-electron chi connectivity index (χ0n) is 10.4. The van der Waals surface area contributed by atoms with Crippen molar-refractivity contribution in [1.82, 2.24) is 0 Å². The molecule has 0 heterocycles. The van der Waals surface area contributed by atoms with Gasteiger partial charge < -0.3 is 9.47 Å². The van der Waals surface area contributed by atoms with Crippen LogP contribution in [0.5, 0.6) is 11.5 Å². The summed E-state index contributed by atoms with van der Waals surface area (Å²) in [5, 5.41) is 4.68. The molecule has 0 N–H and O–H groups in total. The van der Waals surface area contributed by atoms with Gasteiger partial charge in [0.2, 0.25) is 0 Å². The van der Waals surface area contributed by atoms with Crippen LogP contribution in [0, 0.1) is 0 Å². The van der Waals surface area contributed by atoms with Crippen LogP contribution in [0.3, 0.4) is 0 Å². The van der Waals surface area contributed by atoms with Gasteiger partial charge in [0.25, 0.3) is 0 Å². The van der Waals surface area contributed by atoms with E-state index in [0.29, 0.717) is 0 Å². The third-order valence-electron chi connectivity index (χ3n) is 3.23. The number of methoxy groups -OCH3 is 2. The first-order chi connectivity index (χ1) is 8.83. The molecule has 0 aliphatic heterocycles.